The molecule has 0 amide bonds. The van der Waals surface area contributed by atoms with Crippen LogP contribution >= 0.6 is 0 Å². The van der Waals surface area contributed by atoms with Crippen molar-refractivity contribution in [3.63, 3.8) is 0 Å². The first-order valence-corrected chi connectivity index (χ1v) is 41.6. The van der Waals surface area contributed by atoms with E-state index in [0.29, 0.717) is 0 Å². The maximum Gasteiger partial charge on any atom is 0.0541 e. The topological polar surface area (TPSA) is 19.7 Å². The Morgan fingerprint density at radius 3 is 0.817 bits per heavy atom. The van der Waals surface area contributed by atoms with Gasteiger partial charge in [-0.05, 0) is 276 Å². The van der Waals surface area contributed by atoms with Crippen LogP contribution in [-0.4, -0.2) is 18.3 Å². The van der Waals surface area contributed by atoms with Gasteiger partial charge in [-0.1, -0.05) is 291 Å². The lowest BCUT2D eigenvalue weighted by molar-refractivity contribution is 1.18. The fraction of sp³-hybridized carbons (Fsp3) is 0. The fourth-order valence-electron chi connectivity index (χ4n) is 20.9. The second-order valence-electron chi connectivity index (χ2n) is 32.5. The lowest BCUT2D eigenvalue weighted by Crippen LogP contribution is -1.94. The lowest BCUT2D eigenvalue weighted by Gasteiger charge is -2.13. The average molecular weight is 1520 g/mol. The Bertz CT molecular complexity index is 8660. The molecule has 4 heterocycles. The monoisotopic (exact) mass is 1520 g/mol. The first kappa shape index (κ1) is 66.4. The number of aromatic nitrogens is 4. The summed E-state index contributed by atoms with van der Waals surface area (Å²) in [7, 11) is 0. The van der Waals surface area contributed by atoms with E-state index in [4.69, 9.17) is 0 Å². The van der Waals surface area contributed by atoms with Crippen molar-refractivity contribution in [3.8, 4) is 112 Å². The molecule has 25 aromatic rings. The molecule has 0 spiro atoms. The zero-order valence-electron chi connectivity index (χ0n) is 65.2. The third-order valence-electron chi connectivity index (χ3n) is 26.3. The van der Waals surface area contributed by atoms with E-state index in [2.05, 4.69) is 443 Å². The number of fused-ring (bicyclic) bond motifs is 22. The van der Waals surface area contributed by atoms with Gasteiger partial charge in [0.05, 0.1) is 44.1 Å². The molecule has 4 aromatic heterocycles. The number of benzene rings is 21. The van der Waals surface area contributed by atoms with Gasteiger partial charge in [0.1, 0.15) is 0 Å². The van der Waals surface area contributed by atoms with Crippen LogP contribution in [0.2, 0.25) is 0 Å². The summed E-state index contributed by atoms with van der Waals surface area (Å²) in [5, 5.41) is 22.9. The molecular formula is C116H70N4. The minimum atomic E-state index is 1.16. The summed E-state index contributed by atoms with van der Waals surface area (Å²) in [6.07, 6.45) is 0. The molecule has 4 nitrogen and oxygen atoms in total. The molecule has 0 saturated carbocycles. The summed E-state index contributed by atoms with van der Waals surface area (Å²) in [5.74, 6) is 0. The second kappa shape index (κ2) is 25.8. The molecule has 0 bridgehead atoms. The maximum atomic E-state index is 2.44. The van der Waals surface area contributed by atoms with E-state index in [9.17, 15) is 0 Å². The highest BCUT2D eigenvalue weighted by Gasteiger charge is 2.27. The molecule has 554 valence electrons. The highest BCUT2D eigenvalue weighted by Crippen LogP contribution is 2.53. The third-order valence-corrected chi connectivity index (χ3v) is 26.3. The van der Waals surface area contributed by atoms with Crippen molar-refractivity contribution >= 4 is 141 Å². The van der Waals surface area contributed by atoms with Crippen LogP contribution < -0.4 is 0 Å². The minimum Gasteiger partial charge on any atom is -0.309 e. The summed E-state index contributed by atoms with van der Waals surface area (Å²) in [6, 6.07) is 157. The molecule has 4 heteroatoms. The van der Waals surface area contributed by atoms with Gasteiger partial charge in [0.25, 0.3) is 0 Å². The summed E-state index contributed by atoms with van der Waals surface area (Å²) in [4.78, 5) is 0. The van der Waals surface area contributed by atoms with Gasteiger partial charge in [0.15, 0.2) is 0 Å². The highest BCUT2D eigenvalue weighted by molar-refractivity contribution is 6.22. The largest absolute Gasteiger partial charge is 0.309 e. The number of para-hydroxylation sites is 6. The molecular weight excluding hydrogens is 1450 g/mol. The first-order valence-electron chi connectivity index (χ1n) is 41.6. The Morgan fingerprint density at radius 1 is 0.117 bits per heavy atom. The summed E-state index contributed by atoms with van der Waals surface area (Å²) in [6.45, 7) is 0. The predicted molar refractivity (Wildman–Crippen MR) is 508 cm³/mol. The fourth-order valence-corrected chi connectivity index (χ4v) is 20.9. The van der Waals surface area contributed by atoms with E-state index in [1.807, 2.05) is 0 Å². The number of rotatable bonds is 8. The Morgan fingerprint density at radius 2 is 0.392 bits per heavy atom. The molecule has 0 N–H and O–H groups in total. The third kappa shape index (κ3) is 9.88. The van der Waals surface area contributed by atoms with Crippen molar-refractivity contribution in [2.45, 2.75) is 0 Å². The smallest absolute Gasteiger partial charge is 0.0541 e. The van der Waals surface area contributed by atoms with Gasteiger partial charge in [-0.2, -0.15) is 0 Å². The van der Waals surface area contributed by atoms with Crippen LogP contribution in [0.15, 0.2) is 425 Å². The Labute approximate surface area is 691 Å². The van der Waals surface area contributed by atoms with Crippen molar-refractivity contribution in [3.05, 3.63) is 425 Å². The SMILES string of the molecule is c1ccc(-n2c3ccccc3c3cc(-c4ccc5c(c4)c4ccccc4n5-c4ccc5c(ccc6cc(-c7ccc8c9c(cccc79)-c7ccccc7-8)ccc65)c4)ccc32)cc1.c1ccc(-n2c3ccccc3c3cc(-c4ccc5c(c4)c4ccccc4n5-c4ccc5ccc(-c6ccc7c8c(cccc68)-c6ccccc6-7)cc5c4)ccc32)cc1. The predicted octanol–water partition coefficient (Wildman–Crippen LogP) is 31.5. The lowest BCUT2D eigenvalue weighted by atomic mass is 9.92. The van der Waals surface area contributed by atoms with Gasteiger partial charge in [-0.15, -0.1) is 0 Å². The quantitative estimate of drug-likeness (QED) is 0.135. The molecule has 0 saturated heterocycles. The van der Waals surface area contributed by atoms with Crippen LogP contribution in [0.1, 0.15) is 0 Å². The first-order chi connectivity index (χ1) is 59.5. The minimum absolute atomic E-state index is 1.16. The van der Waals surface area contributed by atoms with Crippen LogP contribution in [0.5, 0.6) is 0 Å². The van der Waals surface area contributed by atoms with E-state index >= 15 is 0 Å². The Balaban J connectivity index is 0.000000130. The summed E-state index contributed by atoms with van der Waals surface area (Å²) in [5.41, 5.74) is 34.9. The van der Waals surface area contributed by atoms with E-state index in [1.54, 1.807) is 0 Å². The van der Waals surface area contributed by atoms with Gasteiger partial charge in [-0.25, -0.2) is 0 Å². The van der Waals surface area contributed by atoms with Gasteiger partial charge < -0.3 is 18.3 Å². The summed E-state index contributed by atoms with van der Waals surface area (Å²) < 4.78 is 9.63. The van der Waals surface area contributed by atoms with Crippen LogP contribution in [0.25, 0.3) is 253 Å². The van der Waals surface area contributed by atoms with Crippen LogP contribution in [-0.2, 0) is 0 Å². The zero-order valence-corrected chi connectivity index (χ0v) is 65.2. The molecule has 27 rings (SSSR count). The molecule has 0 aliphatic heterocycles. The van der Waals surface area contributed by atoms with E-state index in [-0.39, 0.29) is 0 Å². The van der Waals surface area contributed by atoms with Crippen LogP contribution in [0, 0.1) is 0 Å². The highest BCUT2D eigenvalue weighted by atomic mass is 15.0. The van der Waals surface area contributed by atoms with E-state index in [0.717, 1.165) is 11.4 Å². The second-order valence-corrected chi connectivity index (χ2v) is 32.5. The van der Waals surface area contributed by atoms with Crippen molar-refractivity contribution < 1.29 is 0 Å². The normalized spacial score (nSPS) is 12.2. The molecule has 120 heavy (non-hydrogen) atoms. The van der Waals surface area contributed by atoms with Crippen molar-refractivity contribution in [1.82, 2.24) is 18.3 Å². The van der Waals surface area contributed by atoms with Gasteiger partial charge >= 0.3 is 0 Å². The molecule has 2 aliphatic carbocycles. The Kier molecular flexibility index (Phi) is 14.3. The Hall–Kier alpha value is -15.9. The van der Waals surface area contributed by atoms with Crippen LogP contribution in [0.4, 0.5) is 0 Å². The van der Waals surface area contributed by atoms with Crippen molar-refractivity contribution in [1.29, 1.82) is 0 Å². The summed E-state index contributed by atoms with van der Waals surface area (Å²) >= 11 is 0. The molecule has 0 radical (unpaired) electrons. The number of nitrogens with zero attached hydrogens (tertiary/aromatic N) is 4. The van der Waals surface area contributed by atoms with Gasteiger partial charge in [0.2, 0.25) is 0 Å². The zero-order chi connectivity index (χ0) is 78.4. The van der Waals surface area contributed by atoms with Gasteiger partial charge in [-0.3, -0.25) is 0 Å². The van der Waals surface area contributed by atoms with Crippen molar-refractivity contribution in [2.24, 2.45) is 0 Å². The van der Waals surface area contributed by atoms with Crippen molar-refractivity contribution in [2.75, 3.05) is 0 Å². The van der Waals surface area contributed by atoms with Crippen LogP contribution in [0.3, 0.4) is 0 Å². The number of hydrogen-bond acceptors (Lipinski definition) is 0. The standard InChI is InChI=1S/C60H36N2.C56H34N2/c1-2-11-42(12-3-1)61-56-19-8-6-15-49(56)54-35-37(24-31-58(54)61)38-25-32-59-55(36-38)50-16-7-9-20-57(50)62(59)43-26-28-45-41(34-43)22-21-39-33-40(23-27-44(39)45)46-29-30-53-48-14-5-4-13-47(48)52-18-10-17-51(46)60(52)53;1-2-11-40(12-3-1)57-52-19-8-6-15-45(52)50-33-36(24-29-54(50)57)37-25-30-55-51(34-37)46-16-7-9-20-53(46)58(55)41-26-23-35-21-22-38(31-39(35)32-41)42-27-28-49-44-14-5-4-13-43(44)48-18-10-17-47(42)56(48)49/h1-36H;1-34H. The van der Waals surface area contributed by atoms with E-state index in [1.165, 1.54) is 241 Å². The molecule has 0 atom stereocenters. The number of hydrogen-bond donors (Lipinski definition) is 0. The molecule has 2 aliphatic rings. The average Bonchev–Trinajstić information content (AvgIpc) is 1.48. The molecule has 21 aromatic carbocycles. The molecule has 0 fully saturated rings. The maximum absolute atomic E-state index is 2.44. The van der Waals surface area contributed by atoms with Gasteiger partial charge in [0, 0.05) is 65.8 Å². The molecule has 0 unspecified atom stereocenters. The van der Waals surface area contributed by atoms with E-state index < -0.39 is 0 Å².